The molecule has 1 aromatic carbocycles. The number of nitrogens with one attached hydrogen (secondary N) is 1. The minimum absolute atomic E-state index is 0.0476. The third-order valence-corrected chi connectivity index (χ3v) is 4.84. The topological polar surface area (TPSA) is 32.3 Å². The lowest BCUT2D eigenvalue weighted by molar-refractivity contribution is -0.137. The number of piperidine rings is 1. The van der Waals surface area contributed by atoms with Crippen molar-refractivity contribution in [3.63, 3.8) is 0 Å². The summed E-state index contributed by atoms with van der Waals surface area (Å²) in [6.07, 6.45) is -1.45. The van der Waals surface area contributed by atoms with Crippen molar-refractivity contribution in [3.8, 4) is 0 Å². The molecule has 3 rings (SSSR count). The number of carbonyl (C=O) groups excluding carboxylic acids is 1. The highest BCUT2D eigenvalue weighted by Crippen LogP contribution is 2.37. The molecule has 2 aliphatic heterocycles. The normalized spacial score (nSPS) is 25.8. The second kappa shape index (κ2) is 5.78. The fourth-order valence-corrected chi connectivity index (χ4v) is 3.62. The van der Waals surface area contributed by atoms with Gasteiger partial charge in [-0.1, -0.05) is 6.07 Å². The zero-order valence-electron chi connectivity index (χ0n) is 12.5. The Bertz CT molecular complexity index is 617. The summed E-state index contributed by atoms with van der Waals surface area (Å²) in [5, 5.41) is 2.85. The number of rotatable bonds is 2. The van der Waals surface area contributed by atoms with E-state index in [1.807, 2.05) is 4.90 Å². The molecule has 2 aliphatic rings. The van der Waals surface area contributed by atoms with Crippen LogP contribution in [0.3, 0.4) is 0 Å². The van der Waals surface area contributed by atoms with Crippen LogP contribution in [0.5, 0.6) is 0 Å². The van der Waals surface area contributed by atoms with Crippen LogP contribution in [0.25, 0.3) is 0 Å². The van der Waals surface area contributed by atoms with E-state index in [1.165, 1.54) is 6.07 Å². The number of likely N-dealkylation sites (tertiary alicyclic amines) is 1. The summed E-state index contributed by atoms with van der Waals surface area (Å²) in [5.74, 6) is -0.924. The third kappa shape index (κ3) is 2.94. The van der Waals surface area contributed by atoms with Gasteiger partial charge in [0, 0.05) is 18.7 Å². The lowest BCUT2D eigenvalue weighted by atomic mass is 9.86. The van der Waals surface area contributed by atoms with Gasteiger partial charge >= 0.3 is 6.18 Å². The molecule has 1 unspecified atom stereocenters. The van der Waals surface area contributed by atoms with Gasteiger partial charge in [0.05, 0.1) is 5.56 Å². The van der Waals surface area contributed by atoms with Gasteiger partial charge in [-0.3, -0.25) is 9.69 Å². The van der Waals surface area contributed by atoms with E-state index in [2.05, 4.69) is 5.32 Å². The maximum Gasteiger partial charge on any atom is 0.416 e. The standard InChI is InChI=1S/C16H18F4N2O/c17-13-9-12(16(18,19)20)4-3-11(13)10-22-8-2-6-15(22)5-1-7-21-14(15)23/h3-4,9H,1-2,5-8,10H2,(H,21,23). The summed E-state index contributed by atoms with van der Waals surface area (Å²) in [6.45, 7) is 1.44. The smallest absolute Gasteiger partial charge is 0.354 e. The molecule has 2 fully saturated rings. The number of hydrogen-bond donors (Lipinski definition) is 1. The number of benzene rings is 1. The predicted octanol–water partition coefficient (Wildman–Crippen LogP) is 3.09. The van der Waals surface area contributed by atoms with E-state index in [-0.39, 0.29) is 18.0 Å². The van der Waals surface area contributed by atoms with Gasteiger partial charge < -0.3 is 5.32 Å². The molecule has 7 heteroatoms. The van der Waals surface area contributed by atoms with Crippen LogP contribution in [0, 0.1) is 5.82 Å². The molecule has 126 valence electrons. The van der Waals surface area contributed by atoms with Crippen LogP contribution in [-0.2, 0) is 17.5 Å². The Balaban J connectivity index is 1.83. The molecule has 1 amide bonds. The zero-order chi connectivity index (χ0) is 16.7. The molecular weight excluding hydrogens is 312 g/mol. The second-order valence-corrected chi connectivity index (χ2v) is 6.22. The summed E-state index contributed by atoms with van der Waals surface area (Å²) < 4.78 is 51.9. The van der Waals surface area contributed by atoms with Crippen molar-refractivity contribution in [2.75, 3.05) is 13.1 Å². The molecule has 23 heavy (non-hydrogen) atoms. The van der Waals surface area contributed by atoms with Gasteiger partial charge in [0.25, 0.3) is 0 Å². The second-order valence-electron chi connectivity index (χ2n) is 6.22. The minimum atomic E-state index is -4.56. The first-order valence-corrected chi connectivity index (χ1v) is 7.72. The van der Waals surface area contributed by atoms with Gasteiger partial charge in [0.2, 0.25) is 5.91 Å². The van der Waals surface area contributed by atoms with Crippen LogP contribution in [0.15, 0.2) is 18.2 Å². The minimum Gasteiger partial charge on any atom is -0.354 e. The number of nitrogens with zero attached hydrogens (tertiary/aromatic N) is 1. The molecule has 1 N–H and O–H groups in total. The van der Waals surface area contributed by atoms with Crippen molar-refractivity contribution in [1.29, 1.82) is 0 Å². The number of halogens is 4. The number of carbonyl (C=O) groups is 1. The van der Waals surface area contributed by atoms with Crippen molar-refractivity contribution in [3.05, 3.63) is 35.1 Å². The fourth-order valence-electron chi connectivity index (χ4n) is 3.62. The number of amides is 1. The molecule has 0 saturated carbocycles. The maximum absolute atomic E-state index is 14.1. The van der Waals surface area contributed by atoms with Gasteiger partial charge in [0.15, 0.2) is 0 Å². The summed E-state index contributed by atoms with van der Waals surface area (Å²) in [7, 11) is 0. The van der Waals surface area contributed by atoms with Crippen LogP contribution in [0.2, 0.25) is 0 Å². The van der Waals surface area contributed by atoms with Crippen LogP contribution >= 0.6 is 0 Å². The van der Waals surface area contributed by atoms with E-state index < -0.39 is 23.1 Å². The molecule has 0 bridgehead atoms. The van der Waals surface area contributed by atoms with Gasteiger partial charge in [-0.15, -0.1) is 0 Å². The summed E-state index contributed by atoms with van der Waals surface area (Å²) >= 11 is 0. The van der Waals surface area contributed by atoms with E-state index >= 15 is 0 Å². The maximum atomic E-state index is 14.1. The van der Waals surface area contributed by atoms with Gasteiger partial charge in [-0.25, -0.2) is 4.39 Å². The summed E-state index contributed by atoms with van der Waals surface area (Å²) in [5.41, 5.74) is -1.43. The summed E-state index contributed by atoms with van der Waals surface area (Å²) in [4.78, 5) is 14.2. The van der Waals surface area contributed by atoms with Crippen LogP contribution in [-0.4, -0.2) is 29.4 Å². The zero-order valence-corrected chi connectivity index (χ0v) is 12.5. The Morgan fingerprint density at radius 2 is 1.96 bits per heavy atom. The Labute approximate surface area is 131 Å². The molecule has 1 spiro atoms. The largest absolute Gasteiger partial charge is 0.416 e. The lowest BCUT2D eigenvalue weighted by Gasteiger charge is -2.40. The molecule has 0 radical (unpaired) electrons. The first-order valence-electron chi connectivity index (χ1n) is 7.72. The monoisotopic (exact) mass is 330 g/mol. The predicted molar refractivity (Wildman–Crippen MR) is 76.0 cm³/mol. The average molecular weight is 330 g/mol. The van der Waals surface area contributed by atoms with E-state index in [4.69, 9.17) is 0 Å². The molecule has 2 saturated heterocycles. The molecular formula is C16H18F4N2O. The van der Waals surface area contributed by atoms with E-state index in [0.717, 1.165) is 18.9 Å². The van der Waals surface area contributed by atoms with Crippen LogP contribution in [0.4, 0.5) is 17.6 Å². The fraction of sp³-hybridized carbons (Fsp3) is 0.562. The summed E-state index contributed by atoms with van der Waals surface area (Å²) in [6, 6.07) is 2.59. The van der Waals surface area contributed by atoms with Crippen LogP contribution < -0.4 is 5.32 Å². The molecule has 1 aromatic rings. The first kappa shape index (κ1) is 16.2. The molecule has 1 atom stereocenters. The van der Waals surface area contributed by atoms with Crippen molar-refractivity contribution >= 4 is 5.91 Å². The van der Waals surface area contributed by atoms with E-state index in [1.54, 1.807) is 0 Å². The van der Waals surface area contributed by atoms with E-state index in [9.17, 15) is 22.4 Å². The van der Waals surface area contributed by atoms with Gasteiger partial charge in [0.1, 0.15) is 11.4 Å². The van der Waals surface area contributed by atoms with Gasteiger partial charge in [-0.2, -0.15) is 13.2 Å². The Hall–Kier alpha value is -1.63. The number of alkyl halides is 3. The number of hydrogen-bond acceptors (Lipinski definition) is 2. The highest BCUT2D eigenvalue weighted by Gasteiger charge is 2.48. The molecule has 0 aromatic heterocycles. The van der Waals surface area contributed by atoms with Crippen molar-refractivity contribution in [2.45, 2.75) is 43.9 Å². The quantitative estimate of drug-likeness (QED) is 0.845. The Kier molecular flexibility index (Phi) is 4.08. The molecule has 3 nitrogen and oxygen atoms in total. The molecule has 0 aliphatic carbocycles. The Morgan fingerprint density at radius 3 is 2.61 bits per heavy atom. The lowest BCUT2D eigenvalue weighted by Crippen LogP contribution is -2.58. The van der Waals surface area contributed by atoms with Crippen molar-refractivity contribution in [2.24, 2.45) is 0 Å². The first-order chi connectivity index (χ1) is 10.8. The van der Waals surface area contributed by atoms with E-state index in [0.29, 0.717) is 32.0 Å². The Morgan fingerprint density at radius 1 is 1.22 bits per heavy atom. The third-order valence-electron chi connectivity index (χ3n) is 4.84. The van der Waals surface area contributed by atoms with Crippen molar-refractivity contribution in [1.82, 2.24) is 10.2 Å². The van der Waals surface area contributed by atoms with Crippen LogP contribution in [0.1, 0.15) is 36.8 Å². The average Bonchev–Trinajstić information content (AvgIpc) is 2.87. The SMILES string of the molecule is O=C1NCCCC12CCCN2Cc1ccc(C(F)(F)F)cc1F. The molecule has 2 heterocycles. The highest BCUT2D eigenvalue weighted by atomic mass is 19.4. The van der Waals surface area contributed by atoms with Crippen molar-refractivity contribution < 1.29 is 22.4 Å². The van der Waals surface area contributed by atoms with Gasteiger partial charge in [-0.05, 0) is 44.4 Å². The highest BCUT2D eigenvalue weighted by molar-refractivity contribution is 5.87.